The quantitative estimate of drug-likeness (QED) is 0.819. The molecule has 0 aliphatic rings. The van der Waals surface area contributed by atoms with Crippen molar-refractivity contribution >= 4 is 11.9 Å². The molecule has 0 unspecified atom stereocenters. The van der Waals surface area contributed by atoms with E-state index in [0.717, 1.165) is 0 Å². The molecule has 1 aromatic carbocycles. The summed E-state index contributed by atoms with van der Waals surface area (Å²) in [6, 6.07) is 1.29. The predicted molar refractivity (Wildman–Crippen MR) is 55.2 cm³/mol. The minimum absolute atomic E-state index is 0.159. The Bertz CT molecular complexity index is 584. The van der Waals surface area contributed by atoms with Crippen molar-refractivity contribution in [1.82, 2.24) is 0 Å². The number of hydrogen-bond donors (Lipinski definition) is 2. The summed E-state index contributed by atoms with van der Waals surface area (Å²) in [5.74, 6) is -15.7. The number of benzene rings is 1. The average Bonchev–Trinajstić information content (AvgIpc) is 2.36. The van der Waals surface area contributed by atoms with Gasteiger partial charge in [-0.2, -0.15) is 17.6 Å². The molecule has 1 rings (SSSR count). The molecule has 0 fully saturated rings. The summed E-state index contributed by atoms with van der Waals surface area (Å²) >= 11 is 0. The van der Waals surface area contributed by atoms with E-state index in [-0.39, 0.29) is 6.07 Å². The molecule has 0 radical (unpaired) electrons. The van der Waals surface area contributed by atoms with Gasteiger partial charge in [0.05, 0.1) is 11.1 Å². The molecular weight excluding hydrogens is 310 g/mol. The highest BCUT2D eigenvalue weighted by Crippen LogP contribution is 2.47. The normalized spacial score (nSPS) is 12.5. The van der Waals surface area contributed by atoms with Crippen LogP contribution in [0.3, 0.4) is 0 Å². The molecule has 21 heavy (non-hydrogen) atoms. The highest BCUT2D eigenvalue weighted by atomic mass is 19.3. The Labute approximate surface area is 112 Å². The maximum Gasteiger partial charge on any atom is 0.373 e. The van der Waals surface area contributed by atoms with Gasteiger partial charge >= 0.3 is 30.2 Å². The molecule has 0 bridgehead atoms. The van der Waals surface area contributed by atoms with Gasteiger partial charge in [-0.25, -0.2) is 18.4 Å². The fourth-order valence-corrected chi connectivity index (χ4v) is 1.54. The van der Waals surface area contributed by atoms with Crippen molar-refractivity contribution < 1.29 is 46.1 Å². The highest BCUT2D eigenvalue weighted by molar-refractivity contribution is 6.03. The second-order valence-electron chi connectivity index (χ2n) is 3.84. The van der Waals surface area contributed by atoms with E-state index in [4.69, 9.17) is 10.2 Å². The Morgan fingerprint density at radius 1 is 1.00 bits per heavy atom. The number of aromatic carboxylic acids is 2. The van der Waals surface area contributed by atoms with Crippen LogP contribution in [0.15, 0.2) is 18.2 Å². The van der Waals surface area contributed by atoms with Gasteiger partial charge in [0.25, 0.3) is 0 Å². The van der Waals surface area contributed by atoms with Gasteiger partial charge in [0.15, 0.2) is 0 Å². The number of carboxylic acids is 2. The minimum Gasteiger partial charge on any atom is -0.478 e. The van der Waals surface area contributed by atoms with E-state index < -0.39 is 46.9 Å². The molecular formula is C11H6F6O4. The monoisotopic (exact) mass is 316 g/mol. The van der Waals surface area contributed by atoms with E-state index in [0.29, 0.717) is 12.1 Å². The third-order valence-corrected chi connectivity index (χ3v) is 2.54. The molecule has 0 saturated carbocycles. The molecule has 4 nitrogen and oxygen atoms in total. The van der Waals surface area contributed by atoms with Gasteiger partial charge in [0.1, 0.15) is 0 Å². The number of carbonyl (C=O) groups is 2. The molecule has 0 aromatic heterocycles. The van der Waals surface area contributed by atoms with Gasteiger partial charge in [-0.3, -0.25) is 0 Å². The Morgan fingerprint density at radius 3 is 1.90 bits per heavy atom. The number of halogens is 6. The van der Waals surface area contributed by atoms with E-state index in [9.17, 15) is 35.9 Å². The summed E-state index contributed by atoms with van der Waals surface area (Å²) in [7, 11) is 0. The summed E-state index contributed by atoms with van der Waals surface area (Å²) < 4.78 is 77.2. The van der Waals surface area contributed by atoms with Gasteiger partial charge in [-0.05, 0) is 6.07 Å². The van der Waals surface area contributed by atoms with Crippen LogP contribution >= 0.6 is 0 Å². The Kier molecular flexibility index (Phi) is 4.21. The van der Waals surface area contributed by atoms with Crippen LogP contribution in [-0.2, 0) is 5.92 Å². The zero-order chi connectivity index (χ0) is 16.6. The summed E-state index contributed by atoms with van der Waals surface area (Å²) in [5, 5.41) is 17.4. The topological polar surface area (TPSA) is 74.6 Å². The van der Waals surface area contributed by atoms with Gasteiger partial charge < -0.3 is 10.2 Å². The van der Waals surface area contributed by atoms with Crippen molar-refractivity contribution in [2.45, 2.75) is 18.3 Å². The lowest BCUT2D eigenvalue weighted by Gasteiger charge is -2.27. The molecule has 0 saturated heterocycles. The first-order chi connectivity index (χ1) is 9.44. The molecule has 116 valence electrons. The number of hydrogen-bond acceptors (Lipinski definition) is 2. The molecule has 0 aliphatic carbocycles. The van der Waals surface area contributed by atoms with E-state index in [1.165, 1.54) is 0 Å². The van der Waals surface area contributed by atoms with Crippen molar-refractivity contribution in [2.24, 2.45) is 0 Å². The van der Waals surface area contributed by atoms with Crippen LogP contribution in [0.2, 0.25) is 0 Å². The van der Waals surface area contributed by atoms with Crippen LogP contribution < -0.4 is 0 Å². The van der Waals surface area contributed by atoms with Crippen molar-refractivity contribution in [3.8, 4) is 0 Å². The number of rotatable bonds is 5. The summed E-state index contributed by atoms with van der Waals surface area (Å²) in [5.41, 5.74) is -4.89. The summed E-state index contributed by atoms with van der Waals surface area (Å²) in [6.07, 6.45) is -4.78. The van der Waals surface area contributed by atoms with E-state index in [1.807, 2.05) is 0 Å². The predicted octanol–water partition coefficient (Wildman–Crippen LogP) is 3.08. The third kappa shape index (κ3) is 2.65. The van der Waals surface area contributed by atoms with Crippen molar-refractivity contribution in [2.75, 3.05) is 0 Å². The van der Waals surface area contributed by atoms with Crippen LogP contribution in [0, 0.1) is 0 Å². The smallest absolute Gasteiger partial charge is 0.373 e. The van der Waals surface area contributed by atoms with E-state index >= 15 is 0 Å². The first-order valence-corrected chi connectivity index (χ1v) is 5.08. The lowest BCUT2D eigenvalue weighted by molar-refractivity contribution is -0.270. The van der Waals surface area contributed by atoms with Crippen molar-refractivity contribution in [3.05, 3.63) is 34.9 Å². The lowest BCUT2D eigenvalue weighted by atomic mass is 9.93. The maximum absolute atomic E-state index is 13.6. The Morgan fingerprint density at radius 2 is 1.52 bits per heavy atom. The SMILES string of the molecule is O=C(O)c1cccc(C(F)(F)C(F)(F)C(F)F)c1C(=O)O. The minimum atomic E-state index is -5.87. The zero-order valence-corrected chi connectivity index (χ0v) is 9.79. The number of alkyl halides is 6. The van der Waals surface area contributed by atoms with Crippen LogP contribution in [0.4, 0.5) is 26.3 Å². The third-order valence-electron chi connectivity index (χ3n) is 2.54. The molecule has 1 aromatic rings. The molecule has 0 atom stereocenters. The Hall–Kier alpha value is -2.26. The standard InChI is InChI=1S/C11H6F6O4/c12-9(13)11(16,17)10(14,15)5-3-1-2-4(7(18)19)6(5)8(20)21/h1-3,9H,(H,18,19)(H,20,21). The second kappa shape index (κ2) is 5.26. The van der Waals surface area contributed by atoms with E-state index in [2.05, 4.69) is 0 Å². The van der Waals surface area contributed by atoms with Crippen LogP contribution in [-0.4, -0.2) is 34.5 Å². The molecule has 0 spiro atoms. The van der Waals surface area contributed by atoms with Gasteiger partial charge in [-0.15, -0.1) is 0 Å². The first kappa shape index (κ1) is 16.8. The van der Waals surface area contributed by atoms with Gasteiger partial charge in [-0.1, -0.05) is 12.1 Å². The van der Waals surface area contributed by atoms with Crippen LogP contribution in [0.25, 0.3) is 0 Å². The highest BCUT2D eigenvalue weighted by Gasteiger charge is 2.64. The fourth-order valence-electron chi connectivity index (χ4n) is 1.54. The van der Waals surface area contributed by atoms with Gasteiger partial charge in [0, 0.05) is 5.56 Å². The maximum atomic E-state index is 13.6. The fraction of sp³-hybridized carbons (Fsp3) is 0.273. The van der Waals surface area contributed by atoms with Crippen LogP contribution in [0.1, 0.15) is 26.3 Å². The molecule has 0 amide bonds. The average molecular weight is 316 g/mol. The van der Waals surface area contributed by atoms with Crippen molar-refractivity contribution in [1.29, 1.82) is 0 Å². The zero-order valence-electron chi connectivity index (χ0n) is 9.79. The number of carboxylic acid groups (broad SMARTS) is 2. The molecule has 2 N–H and O–H groups in total. The van der Waals surface area contributed by atoms with E-state index in [1.54, 1.807) is 0 Å². The summed E-state index contributed by atoms with van der Waals surface area (Å²) in [6.45, 7) is 0. The molecule has 0 aliphatic heterocycles. The first-order valence-electron chi connectivity index (χ1n) is 5.08. The second-order valence-corrected chi connectivity index (χ2v) is 3.84. The largest absolute Gasteiger partial charge is 0.478 e. The lowest BCUT2D eigenvalue weighted by Crippen LogP contribution is -2.45. The van der Waals surface area contributed by atoms with Crippen LogP contribution in [0.5, 0.6) is 0 Å². The Balaban J connectivity index is 3.68. The van der Waals surface area contributed by atoms with Gasteiger partial charge in [0.2, 0.25) is 0 Å². The molecule has 0 heterocycles. The summed E-state index contributed by atoms with van der Waals surface area (Å²) in [4.78, 5) is 21.6. The molecule has 10 heteroatoms. The van der Waals surface area contributed by atoms with Crippen molar-refractivity contribution in [3.63, 3.8) is 0 Å².